The summed E-state index contributed by atoms with van der Waals surface area (Å²) in [7, 11) is 1.58. The van der Waals surface area contributed by atoms with Gasteiger partial charge in [-0.05, 0) is 37.0 Å². The molecule has 19 heavy (non-hydrogen) atoms. The zero-order valence-corrected chi connectivity index (χ0v) is 11.3. The van der Waals surface area contributed by atoms with E-state index >= 15 is 0 Å². The van der Waals surface area contributed by atoms with Crippen molar-refractivity contribution in [3.8, 4) is 11.8 Å². The molecule has 1 saturated heterocycles. The molecule has 1 N–H and O–H groups in total. The normalized spacial score (nSPS) is 18.8. The van der Waals surface area contributed by atoms with Gasteiger partial charge >= 0.3 is 0 Å². The molecular formula is C15H20N2O2. The molecule has 1 fully saturated rings. The lowest BCUT2D eigenvalue weighted by Gasteiger charge is -2.22. The molecule has 4 nitrogen and oxygen atoms in total. The highest BCUT2D eigenvalue weighted by Crippen LogP contribution is 2.18. The molecule has 0 spiro atoms. The number of ether oxygens (including phenoxy) is 2. The van der Waals surface area contributed by atoms with E-state index in [0.717, 1.165) is 31.7 Å². The average Bonchev–Trinajstić information content (AvgIpc) is 2.48. The summed E-state index contributed by atoms with van der Waals surface area (Å²) in [5.41, 5.74) is 1.67. The molecule has 0 saturated carbocycles. The lowest BCUT2D eigenvalue weighted by atomic mass is 10.1. The van der Waals surface area contributed by atoms with Crippen LogP contribution in [0.3, 0.4) is 0 Å². The summed E-state index contributed by atoms with van der Waals surface area (Å²) in [4.78, 5) is 0. The predicted molar refractivity (Wildman–Crippen MR) is 73.0 cm³/mol. The topological polar surface area (TPSA) is 54.3 Å². The van der Waals surface area contributed by atoms with Crippen LogP contribution in [-0.2, 0) is 11.3 Å². The van der Waals surface area contributed by atoms with E-state index in [2.05, 4.69) is 11.4 Å². The molecule has 1 heterocycles. The summed E-state index contributed by atoms with van der Waals surface area (Å²) in [6, 6.07) is 7.84. The van der Waals surface area contributed by atoms with E-state index in [1.807, 2.05) is 18.2 Å². The van der Waals surface area contributed by atoms with Crippen LogP contribution in [0, 0.1) is 11.3 Å². The van der Waals surface area contributed by atoms with Gasteiger partial charge in [-0.1, -0.05) is 6.07 Å². The van der Waals surface area contributed by atoms with Gasteiger partial charge in [0.25, 0.3) is 0 Å². The van der Waals surface area contributed by atoms with E-state index in [9.17, 15) is 0 Å². The second kappa shape index (κ2) is 7.13. The van der Waals surface area contributed by atoms with Gasteiger partial charge in [0.1, 0.15) is 11.8 Å². The first-order valence-corrected chi connectivity index (χ1v) is 6.73. The van der Waals surface area contributed by atoms with Gasteiger partial charge in [-0.15, -0.1) is 0 Å². The van der Waals surface area contributed by atoms with Gasteiger partial charge in [-0.2, -0.15) is 5.26 Å². The first kappa shape index (κ1) is 13.9. The number of nitrogens with zero attached hydrogens (tertiary/aromatic N) is 1. The van der Waals surface area contributed by atoms with Gasteiger partial charge in [-0.25, -0.2) is 0 Å². The quantitative estimate of drug-likeness (QED) is 0.882. The van der Waals surface area contributed by atoms with Crippen molar-refractivity contribution in [3.05, 3.63) is 29.3 Å². The van der Waals surface area contributed by atoms with E-state index in [1.54, 1.807) is 7.11 Å². The predicted octanol–water partition coefficient (Wildman–Crippen LogP) is 2.23. The molecule has 0 aliphatic carbocycles. The Hall–Kier alpha value is -1.57. The molecule has 0 bridgehead atoms. The summed E-state index contributed by atoms with van der Waals surface area (Å²) in [6.07, 6.45) is 3.91. The Morgan fingerprint density at radius 1 is 1.47 bits per heavy atom. The Labute approximate surface area is 114 Å². The van der Waals surface area contributed by atoms with E-state index in [4.69, 9.17) is 14.7 Å². The molecular weight excluding hydrogens is 240 g/mol. The van der Waals surface area contributed by atoms with Crippen LogP contribution in [0.1, 0.15) is 30.4 Å². The molecule has 1 atom stereocenters. The highest BCUT2D eigenvalue weighted by molar-refractivity contribution is 5.45. The molecule has 2 rings (SSSR count). The van der Waals surface area contributed by atoms with Gasteiger partial charge in [0.2, 0.25) is 0 Å². The lowest BCUT2D eigenvalue weighted by molar-refractivity contribution is 0.0168. The minimum Gasteiger partial charge on any atom is -0.495 e. The zero-order chi connectivity index (χ0) is 13.5. The molecule has 102 valence electrons. The van der Waals surface area contributed by atoms with Gasteiger partial charge in [0.05, 0.1) is 18.8 Å². The minimum absolute atomic E-state index is 0.336. The number of rotatable bonds is 5. The van der Waals surface area contributed by atoms with Gasteiger partial charge < -0.3 is 14.8 Å². The largest absolute Gasteiger partial charge is 0.495 e. The first-order chi connectivity index (χ1) is 9.33. The van der Waals surface area contributed by atoms with Gasteiger partial charge in [0.15, 0.2) is 0 Å². The summed E-state index contributed by atoms with van der Waals surface area (Å²) in [5, 5.41) is 12.4. The maximum Gasteiger partial charge on any atom is 0.136 e. The highest BCUT2D eigenvalue weighted by atomic mass is 16.5. The van der Waals surface area contributed by atoms with Crippen molar-refractivity contribution in [2.45, 2.75) is 31.9 Å². The number of benzene rings is 1. The van der Waals surface area contributed by atoms with Crippen LogP contribution in [0.4, 0.5) is 0 Å². The fourth-order valence-corrected chi connectivity index (χ4v) is 2.30. The van der Waals surface area contributed by atoms with Crippen LogP contribution < -0.4 is 10.1 Å². The fourth-order valence-electron chi connectivity index (χ4n) is 2.30. The third kappa shape index (κ3) is 3.95. The van der Waals surface area contributed by atoms with Crippen molar-refractivity contribution in [2.24, 2.45) is 0 Å². The summed E-state index contributed by atoms with van der Waals surface area (Å²) >= 11 is 0. The van der Waals surface area contributed by atoms with E-state index in [0.29, 0.717) is 17.4 Å². The van der Waals surface area contributed by atoms with E-state index < -0.39 is 0 Å². The molecule has 4 heteroatoms. The molecule has 0 aromatic heterocycles. The third-order valence-electron chi connectivity index (χ3n) is 3.36. The van der Waals surface area contributed by atoms with Gasteiger partial charge in [-0.3, -0.25) is 0 Å². The molecule has 1 aliphatic rings. The number of nitrogens with one attached hydrogen (secondary N) is 1. The Kier molecular flexibility index (Phi) is 5.20. The number of nitriles is 1. The Morgan fingerprint density at radius 2 is 2.37 bits per heavy atom. The lowest BCUT2D eigenvalue weighted by Crippen LogP contribution is -2.31. The number of hydrogen-bond acceptors (Lipinski definition) is 4. The number of methoxy groups -OCH3 is 1. The van der Waals surface area contributed by atoms with Crippen molar-refractivity contribution in [1.82, 2.24) is 5.32 Å². The van der Waals surface area contributed by atoms with Crippen LogP contribution >= 0.6 is 0 Å². The standard InChI is InChI=1S/C15H20N2O2/c1-18-15-6-5-12(8-13(15)9-16)10-17-11-14-4-2-3-7-19-14/h5-6,8,14,17H,2-4,7,10-11H2,1H3. The van der Waals surface area contributed by atoms with E-state index in [1.165, 1.54) is 12.8 Å². The summed E-state index contributed by atoms with van der Waals surface area (Å²) in [6.45, 7) is 2.50. The Morgan fingerprint density at radius 3 is 3.05 bits per heavy atom. The minimum atomic E-state index is 0.336. The SMILES string of the molecule is COc1ccc(CNCC2CCCCO2)cc1C#N. The van der Waals surface area contributed by atoms with Crippen LogP contribution in [0.25, 0.3) is 0 Å². The molecule has 1 aromatic rings. The van der Waals surface area contributed by atoms with Crippen molar-refractivity contribution in [3.63, 3.8) is 0 Å². The van der Waals surface area contributed by atoms with Gasteiger partial charge in [0, 0.05) is 19.7 Å². The highest BCUT2D eigenvalue weighted by Gasteiger charge is 2.13. The van der Waals surface area contributed by atoms with Crippen LogP contribution in [0.15, 0.2) is 18.2 Å². The fraction of sp³-hybridized carbons (Fsp3) is 0.533. The molecule has 1 aromatic carbocycles. The van der Waals surface area contributed by atoms with Crippen LogP contribution in [0.5, 0.6) is 5.75 Å². The average molecular weight is 260 g/mol. The molecule has 1 aliphatic heterocycles. The molecule has 1 unspecified atom stereocenters. The first-order valence-electron chi connectivity index (χ1n) is 6.73. The second-order valence-corrected chi connectivity index (χ2v) is 4.77. The monoisotopic (exact) mass is 260 g/mol. The van der Waals surface area contributed by atoms with Crippen LogP contribution in [-0.4, -0.2) is 26.4 Å². The molecule has 0 radical (unpaired) electrons. The maximum atomic E-state index is 9.03. The Balaban J connectivity index is 1.84. The van der Waals surface area contributed by atoms with Crippen molar-refractivity contribution in [1.29, 1.82) is 5.26 Å². The zero-order valence-electron chi connectivity index (χ0n) is 11.3. The third-order valence-corrected chi connectivity index (χ3v) is 3.36. The van der Waals surface area contributed by atoms with Crippen LogP contribution in [0.2, 0.25) is 0 Å². The Bertz CT molecular complexity index is 448. The maximum absolute atomic E-state index is 9.03. The van der Waals surface area contributed by atoms with Crippen molar-refractivity contribution >= 4 is 0 Å². The van der Waals surface area contributed by atoms with Crippen molar-refractivity contribution < 1.29 is 9.47 Å². The summed E-state index contributed by atoms with van der Waals surface area (Å²) in [5.74, 6) is 0.627. The second-order valence-electron chi connectivity index (χ2n) is 4.77. The smallest absolute Gasteiger partial charge is 0.136 e. The molecule has 0 amide bonds. The number of hydrogen-bond donors (Lipinski definition) is 1. The van der Waals surface area contributed by atoms with E-state index in [-0.39, 0.29) is 0 Å². The summed E-state index contributed by atoms with van der Waals surface area (Å²) < 4.78 is 10.8. The van der Waals surface area contributed by atoms with Crippen molar-refractivity contribution in [2.75, 3.05) is 20.3 Å².